The lowest BCUT2D eigenvalue weighted by atomic mass is 9.79. The predicted molar refractivity (Wildman–Crippen MR) is 141 cm³/mol. The van der Waals surface area contributed by atoms with E-state index in [0.717, 1.165) is 17.0 Å². The van der Waals surface area contributed by atoms with E-state index < -0.39 is 13.9 Å². The average Bonchev–Trinajstić information content (AvgIpc) is 3.14. The number of oxime groups is 1. The Hall–Kier alpha value is -1.41. The lowest BCUT2D eigenvalue weighted by Gasteiger charge is -2.37. The second kappa shape index (κ2) is 11.5. The van der Waals surface area contributed by atoms with Crippen LogP contribution in [0.1, 0.15) is 60.5 Å². The molecule has 6 nitrogen and oxygen atoms in total. The first kappa shape index (κ1) is 28.8. The monoisotopic (exact) mass is 493 g/mol. The summed E-state index contributed by atoms with van der Waals surface area (Å²) in [6, 6.07) is 7.87. The van der Waals surface area contributed by atoms with Gasteiger partial charge in [0.2, 0.25) is 0 Å². The molecule has 0 radical (unpaired) electrons. The molecule has 1 aliphatic rings. The van der Waals surface area contributed by atoms with E-state index in [1.807, 2.05) is 31.2 Å². The molecule has 0 aromatic heterocycles. The standard InChI is InChI=1S/C27H47NO5Si/c1-19(16-31-18-22-11-13-23(30-8)14-12-22)15-27(7,29)25-21(3)24(28-33-25)20(2)17-32-34(9,10)26(4,5)6/h11-14,19-21,25,29H,15-18H2,1-10H3/t19-,20+,21+,25-,27-/m1/s1. The summed E-state index contributed by atoms with van der Waals surface area (Å²) in [5.41, 5.74) is 1.07. The Kier molecular flexibility index (Phi) is 9.79. The summed E-state index contributed by atoms with van der Waals surface area (Å²) in [5, 5.41) is 15.9. The minimum atomic E-state index is -1.82. The molecule has 7 heteroatoms. The molecule has 194 valence electrons. The molecule has 2 rings (SSSR count). The maximum Gasteiger partial charge on any atom is 0.192 e. The highest BCUT2D eigenvalue weighted by Gasteiger charge is 2.46. The highest BCUT2D eigenvalue weighted by molar-refractivity contribution is 6.74. The maximum atomic E-state index is 11.3. The number of ether oxygens (including phenoxy) is 2. The number of benzene rings is 1. The van der Waals surface area contributed by atoms with Crippen molar-refractivity contribution in [3.63, 3.8) is 0 Å². The second-order valence-electron chi connectivity index (χ2n) is 11.8. The Labute approximate surface area is 208 Å². The normalized spacial score (nSPS) is 22.5. The van der Waals surface area contributed by atoms with E-state index in [1.54, 1.807) is 7.11 Å². The fraction of sp³-hybridized carbons (Fsp3) is 0.741. The van der Waals surface area contributed by atoms with Crippen LogP contribution in [-0.4, -0.2) is 51.2 Å². The Morgan fingerprint density at radius 1 is 1.09 bits per heavy atom. The van der Waals surface area contributed by atoms with Crippen LogP contribution in [-0.2, 0) is 20.6 Å². The Morgan fingerprint density at radius 3 is 2.26 bits per heavy atom. The van der Waals surface area contributed by atoms with Gasteiger partial charge in [-0.2, -0.15) is 0 Å². The van der Waals surface area contributed by atoms with Gasteiger partial charge in [0.1, 0.15) is 11.4 Å². The van der Waals surface area contributed by atoms with Crippen LogP contribution in [0.25, 0.3) is 0 Å². The summed E-state index contributed by atoms with van der Waals surface area (Å²) in [5.74, 6) is 1.18. The van der Waals surface area contributed by atoms with E-state index in [9.17, 15) is 5.11 Å². The van der Waals surface area contributed by atoms with Gasteiger partial charge in [0.15, 0.2) is 14.4 Å². The molecule has 0 unspecified atom stereocenters. The quantitative estimate of drug-likeness (QED) is 0.360. The van der Waals surface area contributed by atoms with E-state index in [2.05, 4.69) is 59.8 Å². The molecule has 0 amide bonds. The first-order chi connectivity index (χ1) is 15.7. The van der Waals surface area contributed by atoms with E-state index in [0.29, 0.717) is 26.2 Å². The Morgan fingerprint density at radius 2 is 1.71 bits per heavy atom. The van der Waals surface area contributed by atoms with Crippen LogP contribution in [0.3, 0.4) is 0 Å². The van der Waals surface area contributed by atoms with Crippen LogP contribution in [0.15, 0.2) is 29.4 Å². The van der Waals surface area contributed by atoms with Gasteiger partial charge in [0.05, 0.1) is 19.4 Å². The van der Waals surface area contributed by atoms with Crippen molar-refractivity contribution in [1.29, 1.82) is 0 Å². The molecule has 34 heavy (non-hydrogen) atoms. The zero-order valence-electron chi connectivity index (χ0n) is 23.0. The van der Waals surface area contributed by atoms with E-state index in [4.69, 9.17) is 18.7 Å². The SMILES string of the molecule is COc1ccc(COC[C@H](C)C[C@@](C)(O)[C@@H]2ON=C([C@@H](C)CO[Si](C)(C)C(C)(C)C)[C@@H]2C)cc1. The molecule has 5 atom stereocenters. The average molecular weight is 494 g/mol. The molecule has 0 bridgehead atoms. The van der Waals surface area contributed by atoms with Gasteiger partial charge >= 0.3 is 0 Å². The van der Waals surface area contributed by atoms with Crippen molar-refractivity contribution in [3.05, 3.63) is 29.8 Å². The Bertz CT molecular complexity index is 800. The fourth-order valence-electron chi connectivity index (χ4n) is 4.25. The van der Waals surface area contributed by atoms with Crippen LogP contribution in [0.5, 0.6) is 5.75 Å². The van der Waals surface area contributed by atoms with E-state index in [1.165, 1.54) is 0 Å². The van der Waals surface area contributed by atoms with Crippen LogP contribution >= 0.6 is 0 Å². The van der Waals surface area contributed by atoms with Gasteiger partial charge in [0, 0.05) is 25.0 Å². The van der Waals surface area contributed by atoms with E-state index >= 15 is 0 Å². The van der Waals surface area contributed by atoms with Gasteiger partial charge in [-0.1, -0.05) is 58.8 Å². The number of aliphatic hydroxyl groups is 1. The first-order valence-corrected chi connectivity index (χ1v) is 15.4. The first-order valence-electron chi connectivity index (χ1n) is 12.5. The highest BCUT2D eigenvalue weighted by Crippen LogP contribution is 2.38. The topological polar surface area (TPSA) is 69.5 Å². The van der Waals surface area contributed by atoms with Crippen molar-refractivity contribution < 1.29 is 23.8 Å². The largest absolute Gasteiger partial charge is 0.497 e. The van der Waals surface area contributed by atoms with Gasteiger partial charge in [-0.15, -0.1) is 0 Å². The summed E-state index contributed by atoms with van der Waals surface area (Å²) in [6.07, 6.45) is 0.198. The third-order valence-electron chi connectivity index (χ3n) is 7.40. The number of methoxy groups -OCH3 is 1. The summed E-state index contributed by atoms with van der Waals surface area (Å²) >= 11 is 0. The zero-order chi connectivity index (χ0) is 25.7. The minimum absolute atomic E-state index is 0.0282. The maximum absolute atomic E-state index is 11.3. The van der Waals surface area contributed by atoms with Gasteiger partial charge in [-0.25, -0.2) is 0 Å². The van der Waals surface area contributed by atoms with Gasteiger partial charge in [-0.3, -0.25) is 0 Å². The van der Waals surface area contributed by atoms with Crippen molar-refractivity contribution >= 4 is 14.0 Å². The summed E-state index contributed by atoms with van der Waals surface area (Å²) < 4.78 is 17.5. The van der Waals surface area contributed by atoms with Gasteiger partial charge in [0.25, 0.3) is 0 Å². The predicted octanol–water partition coefficient (Wildman–Crippen LogP) is 6.04. The zero-order valence-corrected chi connectivity index (χ0v) is 24.0. The van der Waals surface area contributed by atoms with E-state index in [-0.39, 0.29) is 28.9 Å². The van der Waals surface area contributed by atoms with Crippen LogP contribution in [0.4, 0.5) is 0 Å². The number of hydrogen-bond acceptors (Lipinski definition) is 6. The smallest absolute Gasteiger partial charge is 0.192 e. The third kappa shape index (κ3) is 7.54. The van der Waals surface area contributed by atoms with Gasteiger partial charge in [-0.05, 0) is 55.1 Å². The van der Waals surface area contributed by atoms with Crippen molar-refractivity contribution in [2.75, 3.05) is 20.3 Å². The summed E-state index contributed by atoms with van der Waals surface area (Å²) in [6.45, 7) is 21.2. The van der Waals surface area contributed by atoms with Gasteiger partial charge < -0.3 is 23.8 Å². The molecule has 1 aromatic carbocycles. The molecule has 0 spiro atoms. The van der Waals surface area contributed by atoms with Crippen molar-refractivity contribution in [1.82, 2.24) is 0 Å². The molecule has 0 saturated heterocycles. The lowest BCUT2D eigenvalue weighted by Crippen LogP contribution is -2.46. The molecule has 1 heterocycles. The molecule has 1 N–H and O–H groups in total. The molecule has 1 aromatic rings. The number of hydrogen-bond donors (Lipinski definition) is 1. The fourth-order valence-corrected chi connectivity index (χ4v) is 5.35. The summed E-state index contributed by atoms with van der Waals surface area (Å²) in [7, 11) is -0.165. The molecular weight excluding hydrogens is 446 g/mol. The molecule has 0 aliphatic carbocycles. The molecule has 0 fully saturated rings. The number of nitrogens with zero attached hydrogens (tertiary/aromatic N) is 1. The van der Waals surface area contributed by atoms with Crippen molar-refractivity contribution in [2.24, 2.45) is 22.9 Å². The van der Waals surface area contributed by atoms with Crippen LogP contribution in [0.2, 0.25) is 18.1 Å². The third-order valence-corrected chi connectivity index (χ3v) is 11.9. The Balaban J connectivity index is 1.84. The molecular formula is C27H47NO5Si. The van der Waals surface area contributed by atoms with Crippen molar-refractivity contribution in [2.45, 2.75) is 91.3 Å². The molecule has 0 saturated carbocycles. The van der Waals surface area contributed by atoms with Crippen molar-refractivity contribution in [3.8, 4) is 5.75 Å². The highest BCUT2D eigenvalue weighted by atomic mass is 28.4. The summed E-state index contributed by atoms with van der Waals surface area (Å²) in [4.78, 5) is 5.80. The minimum Gasteiger partial charge on any atom is -0.497 e. The molecule has 1 aliphatic heterocycles. The second-order valence-corrected chi connectivity index (χ2v) is 16.6. The lowest BCUT2D eigenvalue weighted by molar-refractivity contribution is -0.111. The van der Waals surface area contributed by atoms with Crippen LogP contribution < -0.4 is 4.74 Å². The van der Waals surface area contributed by atoms with Crippen LogP contribution in [0, 0.1) is 17.8 Å². The number of rotatable bonds is 12.